The molecule has 5 rings (SSSR count). The molecule has 7 nitrogen and oxygen atoms in total. The topological polar surface area (TPSA) is 107 Å². The van der Waals surface area contributed by atoms with Crippen LogP contribution in [0.1, 0.15) is 35.2 Å². The van der Waals surface area contributed by atoms with Gasteiger partial charge in [0.05, 0.1) is 28.7 Å². The van der Waals surface area contributed by atoms with Gasteiger partial charge in [0.15, 0.2) is 0 Å². The van der Waals surface area contributed by atoms with Crippen molar-refractivity contribution in [2.45, 2.75) is 31.9 Å². The molecular weight excluding hydrogens is 419 g/mol. The maximum absolute atomic E-state index is 13.7. The largest absolute Gasteiger partial charge is 0.433 e. The summed E-state index contributed by atoms with van der Waals surface area (Å²) in [6, 6.07) is 1.81. The molecule has 3 aromatic rings. The van der Waals surface area contributed by atoms with E-state index in [-0.39, 0.29) is 5.56 Å². The van der Waals surface area contributed by atoms with Crippen molar-refractivity contribution in [3.8, 4) is 11.3 Å². The lowest BCUT2D eigenvalue weighted by Crippen LogP contribution is -2.43. The number of halogens is 3. The lowest BCUT2D eigenvalue weighted by Gasteiger charge is -2.32. The summed E-state index contributed by atoms with van der Waals surface area (Å²) in [4.78, 5) is 7.01. The zero-order valence-electron chi connectivity index (χ0n) is 17.4. The van der Waals surface area contributed by atoms with Gasteiger partial charge in [0, 0.05) is 49.0 Å². The quantitative estimate of drug-likeness (QED) is 0.366. The number of hydrogen-bond donors (Lipinski definition) is 4. The zero-order valence-corrected chi connectivity index (χ0v) is 17.4. The van der Waals surface area contributed by atoms with Gasteiger partial charge in [-0.3, -0.25) is 5.10 Å². The number of benzene rings is 1. The van der Waals surface area contributed by atoms with Crippen LogP contribution in [0.2, 0.25) is 0 Å². The van der Waals surface area contributed by atoms with Gasteiger partial charge in [-0.15, -0.1) is 0 Å². The van der Waals surface area contributed by atoms with Crippen LogP contribution in [0.4, 0.5) is 24.5 Å². The number of fused-ring (bicyclic) bond motifs is 3. The summed E-state index contributed by atoms with van der Waals surface area (Å²) in [7, 11) is 0. The number of aryl methyl sites for hydroxylation is 1. The van der Waals surface area contributed by atoms with E-state index in [9.17, 15) is 13.2 Å². The van der Waals surface area contributed by atoms with Crippen molar-refractivity contribution in [3.05, 3.63) is 34.6 Å². The van der Waals surface area contributed by atoms with Gasteiger partial charge in [-0.25, -0.2) is 4.98 Å². The highest BCUT2D eigenvalue weighted by Gasteiger charge is 2.37. The minimum atomic E-state index is -4.56. The minimum absolute atomic E-state index is 0.0305. The molecule has 0 atom stereocenters. The van der Waals surface area contributed by atoms with Gasteiger partial charge in [-0.1, -0.05) is 0 Å². The average molecular weight is 443 g/mol. The molecule has 1 aliphatic heterocycles. The van der Waals surface area contributed by atoms with Crippen molar-refractivity contribution in [3.63, 3.8) is 0 Å². The Bertz CT molecular complexity index is 1190. The smallest absolute Gasteiger partial charge is 0.398 e. The number of nitrogens with one attached hydrogen (secondary N) is 3. The standard InChI is InChI=1S/C22H24F3N7/c23-22(24,25)21-15(11-29-31-21)19-13-4-2-1-3-12(13)18-14(10-26)16(27)9-17(20(18)30-19)32-7-5-28-6-8-32/h9-11,26,28H,1-8,27H2,(H,29,31). The molecule has 5 N–H and O–H groups in total. The second-order valence-corrected chi connectivity index (χ2v) is 8.28. The molecule has 10 heteroatoms. The van der Waals surface area contributed by atoms with Gasteiger partial charge in [0.1, 0.15) is 5.69 Å². The van der Waals surface area contributed by atoms with Crippen LogP contribution < -0.4 is 16.0 Å². The molecule has 3 heterocycles. The fourth-order valence-electron chi connectivity index (χ4n) is 4.94. The van der Waals surface area contributed by atoms with E-state index in [0.717, 1.165) is 61.2 Å². The van der Waals surface area contributed by atoms with E-state index >= 15 is 0 Å². The van der Waals surface area contributed by atoms with Crippen LogP contribution in [0.5, 0.6) is 0 Å². The van der Waals surface area contributed by atoms with Gasteiger partial charge >= 0.3 is 6.18 Å². The first-order valence-electron chi connectivity index (χ1n) is 10.7. The molecule has 2 aliphatic rings. The predicted molar refractivity (Wildman–Crippen MR) is 118 cm³/mol. The van der Waals surface area contributed by atoms with Gasteiger partial charge < -0.3 is 21.4 Å². The number of rotatable bonds is 3. The molecule has 1 aliphatic carbocycles. The molecule has 0 saturated carbocycles. The molecule has 0 amide bonds. The number of pyridine rings is 1. The molecule has 0 spiro atoms. The van der Waals surface area contributed by atoms with Crippen LogP contribution in [-0.2, 0) is 19.0 Å². The summed E-state index contributed by atoms with van der Waals surface area (Å²) in [5.74, 6) is 0. The van der Waals surface area contributed by atoms with Crippen LogP contribution in [0.25, 0.3) is 22.2 Å². The van der Waals surface area contributed by atoms with Crippen molar-refractivity contribution in [2.24, 2.45) is 0 Å². The summed E-state index contributed by atoms with van der Waals surface area (Å²) in [6.45, 7) is 3.08. The number of hydrogen-bond acceptors (Lipinski definition) is 6. The van der Waals surface area contributed by atoms with E-state index in [1.165, 1.54) is 12.4 Å². The third-order valence-electron chi connectivity index (χ3n) is 6.41. The lowest BCUT2D eigenvalue weighted by atomic mass is 9.84. The SMILES string of the molecule is N=Cc1c(N)cc(N2CCNCC2)c2nc(-c3cn[nH]c3C(F)(F)F)c3c(c12)CCCC3. The average Bonchev–Trinajstić information content (AvgIpc) is 3.29. The van der Waals surface area contributed by atoms with Crippen molar-refractivity contribution >= 4 is 28.5 Å². The highest BCUT2D eigenvalue weighted by atomic mass is 19.4. The molecule has 1 fully saturated rings. The fraction of sp³-hybridized carbons (Fsp3) is 0.409. The van der Waals surface area contributed by atoms with Crippen molar-refractivity contribution in [1.82, 2.24) is 20.5 Å². The molecule has 0 unspecified atom stereocenters. The van der Waals surface area contributed by atoms with Crippen molar-refractivity contribution < 1.29 is 13.2 Å². The first-order chi connectivity index (χ1) is 15.4. The van der Waals surface area contributed by atoms with Gasteiger partial charge in [0.2, 0.25) is 0 Å². The summed E-state index contributed by atoms with van der Waals surface area (Å²) < 4.78 is 41.1. The highest BCUT2D eigenvalue weighted by molar-refractivity contribution is 6.10. The van der Waals surface area contributed by atoms with E-state index in [1.807, 2.05) is 0 Å². The van der Waals surface area contributed by atoms with Crippen molar-refractivity contribution in [1.29, 1.82) is 5.41 Å². The first-order valence-corrected chi connectivity index (χ1v) is 10.7. The Balaban J connectivity index is 1.86. The number of aromatic amines is 1. The molecular formula is C22H24F3N7. The Hall–Kier alpha value is -3.14. The van der Waals surface area contributed by atoms with Crippen LogP contribution >= 0.6 is 0 Å². The maximum Gasteiger partial charge on any atom is 0.433 e. The minimum Gasteiger partial charge on any atom is -0.398 e. The number of nitrogen functional groups attached to an aromatic ring is 1. The van der Waals surface area contributed by atoms with E-state index in [0.29, 0.717) is 35.3 Å². The maximum atomic E-state index is 13.7. The number of H-pyrrole nitrogens is 1. The summed E-state index contributed by atoms with van der Waals surface area (Å²) in [6.07, 6.45) is 1.03. The number of anilines is 2. The van der Waals surface area contributed by atoms with E-state index in [4.69, 9.17) is 16.1 Å². The van der Waals surface area contributed by atoms with Crippen LogP contribution in [0, 0.1) is 5.41 Å². The van der Waals surface area contributed by atoms with Gasteiger partial charge in [0.25, 0.3) is 0 Å². The van der Waals surface area contributed by atoms with Crippen molar-refractivity contribution in [2.75, 3.05) is 36.8 Å². The summed E-state index contributed by atoms with van der Waals surface area (Å²) >= 11 is 0. The van der Waals surface area contributed by atoms with Crippen LogP contribution in [0.3, 0.4) is 0 Å². The normalized spacial score (nSPS) is 16.9. The molecule has 32 heavy (non-hydrogen) atoms. The summed E-state index contributed by atoms with van der Waals surface area (Å²) in [5.41, 5.74) is 10.0. The number of aromatic nitrogens is 3. The Morgan fingerprint density at radius 1 is 1.12 bits per heavy atom. The lowest BCUT2D eigenvalue weighted by molar-refractivity contribution is -0.140. The summed E-state index contributed by atoms with van der Waals surface area (Å²) in [5, 5.41) is 17.9. The van der Waals surface area contributed by atoms with Gasteiger partial charge in [-0.2, -0.15) is 18.3 Å². The van der Waals surface area contributed by atoms with E-state index < -0.39 is 11.9 Å². The molecule has 1 saturated heterocycles. The highest BCUT2D eigenvalue weighted by Crippen LogP contribution is 2.43. The Kier molecular flexibility index (Phi) is 5.04. The second kappa shape index (κ2) is 7.77. The predicted octanol–water partition coefficient (Wildman–Crippen LogP) is 3.51. The zero-order chi connectivity index (χ0) is 22.5. The van der Waals surface area contributed by atoms with Crippen LogP contribution in [-0.4, -0.2) is 47.6 Å². The monoisotopic (exact) mass is 443 g/mol. The number of nitrogens with two attached hydrogens (primary N) is 1. The van der Waals surface area contributed by atoms with Crippen LogP contribution in [0.15, 0.2) is 12.3 Å². The Labute approximate surface area is 182 Å². The fourth-order valence-corrected chi connectivity index (χ4v) is 4.94. The molecule has 2 aromatic heterocycles. The molecule has 168 valence electrons. The molecule has 1 aromatic carbocycles. The second-order valence-electron chi connectivity index (χ2n) is 8.28. The molecule has 0 radical (unpaired) electrons. The number of nitrogens with zero attached hydrogens (tertiary/aromatic N) is 3. The third-order valence-corrected chi connectivity index (χ3v) is 6.41. The third kappa shape index (κ3) is 3.29. The van der Waals surface area contributed by atoms with E-state index in [2.05, 4.69) is 20.4 Å². The Morgan fingerprint density at radius 3 is 2.53 bits per heavy atom. The van der Waals surface area contributed by atoms with E-state index in [1.54, 1.807) is 6.07 Å². The molecule has 0 bridgehead atoms. The number of alkyl halides is 3. The Morgan fingerprint density at radius 2 is 1.84 bits per heavy atom. The van der Waals surface area contributed by atoms with Gasteiger partial charge in [-0.05, 0) is 42.9 Å². The number of piperazine rings is 1. The first kappa shape index (κ1) is 20.7.